The number of hydrogen-bond donors (Lipinski definition) is 2. The van der Waals surface area contributed by atoms with E-state index in [2.05, 4.69) is 32.3 Å². The number of hydrazone groups is 1. The van der Waals surface area contributed by atoms with E-state index in [1.165, 1.54) is 17.7 Å². The molecule has 1 aliphatic heterocycles. The van der Waals surface area contributed by atoms with Crippen molar-refractivity contribution in [1.29, 1.82) is 0 Å². The molecule has 0 aromatic heterocycles. The molecule has 2 aromatic carbocycles. The monoisotopic (exact) mass is 400 g/mol. The van der Waals surface area contributed by atoms with Gasteiger partial charge in [-0.15, -0.1) is 0 Å². The van der Waals surface area contributed by atoms with Gasteiger partial charge in [-0.25, -0.2) is 18.6 Å². The lowest BCUT2D eigenvalue weighted by molar-refractivity contribution is -0.119. The lowest BCUT2D eigenvalue weighted by Gasteiger charge is -2.27. The van der Waals surface area contributed by atoms with Crippen LogP contribution in [0.2, 0.25) is 0 Å². The largest absolute Gasteiger partial charge is 0.298 e. The van der Waals surface area contributed by atoms with Crippen molar-refractivity contribution >= 4 is 21.6 Å². The highest BCUT2D eigenvalue weighted by Crippen LogP contribution is 2.11. The van der Waals surface area contributed by atoms with Gasteiger partial charge in [-0.2, -0.15) is 5.10 Å². The van der Waals surface area contributed by atoms with E-state index in [0.717, 1.165) is 38.2 Å². The lowest BCUT2D eigenvalue weighted by Crippen LogP contribution is -2.37. The molecule has 0 atom stereocenters. The molecule has 7 nitrogen and oxygen atoms in total. The summed E-state index contributed by atoms with van der Waals surface area (Å²) >= 11 is 0. The maximum Gasteiger partial charge on any atom is 0.255 e. The van der Waals surface area contributed by atoms with E-state index in [1.54, 1.807) is 18.2 Å². The number of benzene rings is 2. The SMILES string of the molecule is O=C(CNS(=O)(=O)c1ccccc1)NN=C1CCN(Cc2ccccc2)CC1. The number of rotatable bonds is 7. The molecule has 0 radical (unpaired) electrons. The summed E-state index contributed by atoms with van der Waals surface area (Å²) in [5.74, 6) is -0.487. The first-order chi connectivity index (χ1) is 13.5. The van der Waals surface area contributed by atoms with Gasteiger partial charge < -0.3 is 0 Å². The molecule has 1 heterocycles. The quantitative estimate of drug-likeness (QED) is 0.693. The molecule has 28 heavy (non-hydrogen) atoms. The van der Waals surface area contributed by atoms with Crippen LogP contribution < -0.4 is 10.1 Å². The molecule has 0 saturated carbocycles. The third kappa shape index (κ3) is 5.98. The standard InChI is InChI=1S/C20H24N4O3S/c25-20(15-21-28(26,27)19-9-5-2-6-10-19)23-22-18-11-13-24(14-12-18)16-17-7-3-1-4-8-17/h1-10,21H,11-16H2,(H,23,25). The topological polar surface area (TPSA) is 90.9 Å². The Hall–Kier alpha value is -2.55. The van der Waals surface area contributed by atoms with Crippen LogP contribution in [-0.2, 0) is 21.4 Å². The fraction of sp³-hybridized carbons (Fsp3) is 0.300. The number of carbonyl (C=O) groups is 1. The molecule has 8 heteroatoms. The van der Waals surface area contributed by atoms with Crippen LogP contribution in [0.25, 0.3) is 0 Å². The normalized spacial score (nSPS) is 15.2. The summed E-state index contributed by atoms with van der Waals surface area (Å²) < 4.78 is 26.5. The predicted octanol–water partition coefficient (Wildman–Crippen LogP) is 1.73. The van der Waals surface area contributed by atoms with Crippen molar-refractivity contribution in [3.8, 4) is 0 Å². The molecule has 148 valence electrons. The van der Waals surface area contributed by atoms with Crippen molar-refractivity contribution in [3.05, 3.63) is 66.2 Å². The van der Waals surface area contributed by atoms with Gasteiger partial charge in [0, 0.05) is 38.2 Å². The van der Waals surface area contributed by atoms with Crippen LogP contribution in [0.15, 0.2) is 70.7 Å². The second-order valence-electron chi connectivity index (χ2n) is 6.61. The molecule has 3 rings (SSSR count). The molecule has 1 saturated heterocycles. The van der Waals surface area contributed by atoms with Crippen molar-refractivity contribution in [3.63, 3.8) is 0 Å². The summed E-state index contributed by atoms with van der Waals surface area (Å²) in [6.45, 7) is 2.31. The maximum absolute atomic E-state index is 12.1. The first-order valence-electron chi connectivity index (χ1n) is 9.18. The summed E-state index contributed by atoms with van der Waals surface area (Å²) in [6.07, 6.45) is 1.56. The Bertz CT molecular complexity index is 905. The minimum atomic E-state index is -3.70. The zero-order valence-electron chi connectivity index (χ0n) is 15.5. The third-order valence-corrected chi connectivity index (χ3v) is 5.91. The fourth-order valence-corrected chi connectivity index (χ4v) is 3.95. The summed E-state index contributed by atoms with van der Waals surface area (Å²) in [5, 5.41) is 4.15. The molecule has 0 bridgehead atoms. The molecule has 0 aliphatic carbocycles. The second kappa shape index (κ2) is 9.59. The number of nitrogens with one attached hydrogen (secondary N) is 2. The predicted molar refractivity (Wildman–Crippen MR) is 108 cm³/mol. The van der Waals surface area contributed by atoms with Crippen LogP contribution in [0.1, 0.15) is 18.4 Å². The fourth-order valence-electron chi connectivity index (χ4n) is 2.95. The zero-order valence-corrected chi connectivity index (χ0v) is 16.4. The summed E-state index contributed by atoms with van der Waals surface area (Å²) in [4.78, 5) is 14.4. The summed E-state index contributed by atoms with van der Waals surface area (Å²) in [7, 11) is -3.70. The van der Waals surface area contributed by atoms with Crippen molar-refractivity contribution in [2.45, 2.75) is 24.3 Å². The van der Waals surface area contributed by atoms with Gasteiger partial charge >= 0.3 is 0 Å². The lowest BCUT2D eigenvalue weighted by atomic mass is 10.1. The Kier molecular flexibility index (Phi) is 6.91. The van der Waals surface area contributed by atoms with Crippen LogP contribution >= 0.6 is 0 Å². The number of likely N-dealkylation sites (tertiary alicyclic amines) is 1. The zero-order chi connectivity index (χ0) is 19.8. The Morgan fingerprint density at radius 1 is 0.964 bits per heavy atom. The highest BCUT2D eigenvalue weighted by molar-refractivity contribution is 7.89. The van der Waals surface area contributed by atoms with E-state index in [1.807, 2.05) is 18.2 Å². The Labute approximate surface area is 165 Å². The molecule has 1 amide bonds. The number of carbonyl (C=O) groups excluding carboxylic acids is 1. The second-order valence-corrected chi connectivity index (χ2v) is 8.38. The van der Waals surface area contributed by atoms with Crippen molar-refractivity contribution in [2.75, 3.05) is 19.6 Å². The van der Waals surface area contributed by atoms with Crippen LogP contribution in [0.5, 0.6) is 0 Å². The van der Waals surface area contributed by atoms with Crippen molar-refractivity contribution in [2.24, 2.45) is 5.10 Å². The van der Waals surface area contributed by atoms with E-state index in [0.29, 0.717) is 0 Å². The number of sulfonamides is 1. The van der Waals surface area contributed by atoms with E-state index in [4.69, 9.17) is 0 Å². The highest BCUT2D eigenvalue weighted by Gasteiger charge is 2.17. The molecule has 2 aromatic rings. The van der Waals surface area contributed by atoms with Crippen molar-refractivity contribution < 1.29 is 13.2 Å². The minimum Gasteiger partial charge on any atom is -0.298 e. The van der Waals surface area contributed by atoms with Crippen LogP contribution in [-0.4, -0.2) is 44.6 Å². The van der Waals surface area contributed by atoms with E-state index < -0.39 is 15.9 Å². The number of nitrogens with zero attached hydrogens (tertiary/aromatic N) is 2. The van der Waals surface area contributed by atoms with Gasteiger partial charge in [0.1, 0.15) is 0 Å². The summed E-state index contributed by atoms with van der Waals surface area (Å²) in [6, 6.07) is 18.2. The van der Waals surface area contributed by atoms with Crippen LogP contribution in [0.3, 0.4) is 0 Å². The third-order valence-electron chi connectivity index (χ3n) is 4.50. The van der Waals surface area contributed by atoms with Gasteiger partial charge in [-0.1, -0.05) is 48.5 Å². The van der Waals surface area contributed by atoms with Crippen molar-refractivity contribution in [1.82, 2.24) is 15.0 Å². The van der Waals surface area contributed by atoms with Crippen LogP contribution in [0, 0.1) is 0 Å². The molecular formula is C20H24N4O3S. The molecular weight excluding hydrogens is 376 g/mol. The first kappa shape index (κ1) is 20.2. The van der Waals surface area contributed by atoms with E-state index >= 15 is 0 Å². The number of hydrogen-bond acceptors (Lipinski definition) is 5. The maximum atomic E-state index is 12.1. The Balaban J connectivity index is 1.41. The van der Waals surface area contributed by atoms with Gasteiger partial charge in [0.05, 0.1) is 11.4 Å². The average Bonchev–Trinajstić information content (AvgIpc) is 2.73. The smallest absolute Gasteiger partial charge is 0.255 e. The molecule has 1 aliphatic rings. The van der Waals surface area contributed by atoms with Gasteiger partial charge in [0.2, 0.25) is 10.0 Å². The molecule has 2 N–H and O–H groups in total. The minimum absolute atomic E-state index is 0.125. The van der Waals surface area contributed by atoms with Crippen LogP contribution in [0.4, 0.5) is 0 Å². The first-order valence-corrected chi connectivity index (χ1v) is 10.7. The van der Waals surface area contributed by atoms with Gasteiger partial charge in [0.25, 0.3) is 5.91 Å². The van der Waals surface area contributed by atoms with Gasteiger partial charge in [0.15, 0.2) is 0 Å². The highest BCUT2D eigenvalue weighted by atomic mass is 32.2. The Morgan fingerprint density at radius 3 is 2.21 bits per heavy atom. The summed E-state index contributed by atoms with van der Waals surface area (Å²) in [5.41, 5.74) is 4.64. The molecule has 0 unspecified atom stereocenters. The average molecular weight is 401 g/mol. The Morgan fingerprint density at radius 2 is 1.57 bits per heavy atom. The van der Waals surface area contributed by atoms with Gasteiger partial charge in [-0.05, 0) is 17.7 Å². The van der Waals surface area contributed by atoms with E-state index in [9.17, 15) is 13.2 Å². The van der Waals surface area contributed by atoms with E-state index in [-0.39, 0.29) is 11.4 Å². The number of piperidine rings is 1. The number of amides is 1. The molecule has 1 fully saturated rings. The van der Waals surface area contributed by atoms with Gasteiger partial charge in [-0.3, -0.25) is 9.69 Å². The molecule has 0 spiro atoms.